The van der Waals surface area contributed by atoms with Gasteiger partial charge < -0.3 is 15.1 Å². The van der Waals surface area contributed by atoms with Gasteiger partial charge in [0.05, 0.1) is 39.6 Å². The molecule has 370 valence electrons. The van der Waals surface area contributed by atoms with Crippen molar-refractivity contribution in [3.63, 3.8) is 0 Å². The number of H-pyrrole nitrogens is 2. The maximum absolute atomic E-state index is 12.5. The van der Waals surface area contributed by atoms with Crippen LogP contribution >= 0.6 is 0 Å². The lowest BCUT2D eigenvalue weighted by Crippen LogP contribution is -2.29. The highest BCUT2D eigenvalue weighted by molar-refractivity contribution is 7.93. The molecule has 14 nitrogen and oxygen atoms in total. The second kappa shape index (κ2) is 19.7. The lowest BCUT2D eigenvalue weighted by Gasteiger charge is -2.21. The average molecular weight is 1040 g/mol. The number of anilines is 3. The molecular weight excluding hydrogens is 997 g/mol. The summed E-state index contributed by atoms with van der Waals surface area (Å²) < 4.78 is 149. The minimum atomic E-state index is -5.49. The third kappa shape index (κ3) is 12.8. The van der Waals surface area contributed by atoms with Crippen LogP contribution in [0.4, 0.5) is 43.4 Å². The third-order valence-electron chi connectivity index (χ3n) is 10.2. The standard InChI is InChI=1S/C25H22F3N3O3S.C23H19F3N4O4S2/c1-24(2,32)20-6-4-3-5-19(20)17-10-13-21-22(15-17)30-23(29-21)14-9-16-7-11-18(12-8-16)31-35(33,34)25(26,27)28;1-35(31,32)30-19-5-3-2-4-18(19)16-9-12-20-21(14-16)28-22(27-20)13-8-15-6-10-17(11-7-15)29-36(33,34)23(24,25)26/h3-15,31-32H,1-2H3,(H,29,30);2-14,29-30H,1H3,(H,27,28)/b14-9+;13-8+. The molecule has 71 heavy (non-hydrogen) atoms. The second-order valence-corrected chi connectivity index (χ2v) is 21.3. The fourth-order valence-electron chi connectivity index (χ4n) is 6.94. The van der Waals surface area contributed by atoms with Crippen LogP contribution in [0.1, 0.15) is 42.2 Å². The number of nitrogens with zero attached hydrogens (tertiary/aromatic N) is 2. The molecule has 0 unspecified atom stereocenters. The van der Waals surface area contributed by atoms with E-state index >= 15 is 0 Å². The third-order valence-corrected chi connectivity index (χ3v) is 13.1. The molecule has 0 saturated heterocycles. The Hall–Kier alpha value is -7.47. The van der Waals surface area contributed by atoms with E-state index in [2.05, 4.69) is 24.7 Å². The first-order valence-electron chi connectivity index (χ1n) is 20.8. The molecule has 0 saturated carbocycles. The van der Waals surface area contributed by atoms with E-state index in [-0.39, 0.29) is 11.4 Å². The van der Waals surface area contributed by atoms with Gasteiger partial charge in [0.15, 0.2) is 0 Å². The summed E-state index contributed by atoms with van der Waals surface area (Å²) in [5, 5.41) is 10.5. The number of aromatic nitrogens is 4. The molecule has 0 aliphatic carbocycles. The van der Waals surface area contributed by atoms with Gasteiger partial charge in [-0.05, 0) is 114 Å². The van der Waals surface area contributed by atoms with Gasteiger partial charge in [-0.1, -0.05) is 91.0 Å². The minimum Gasteiger partial charge on any atom is -0.386 e. The summed E-state index contributed by atoms with van der Waals surface area (Å²) in [6, 6.07) is 36.6. The van der Waals surface area contributed by atoms with Crippen LogP contribution in [0.25, 0.3) is 68.6 Å². The largest absolute Gasteiger partial charge is 0.516 e. The molecule has 8 rings (SSSR count). The maximum Gasteiger partial charge on any atom is 0.516 e. The van der Waals surface area contributed by atoms with E-state index in [1.54, 1.807) is 68.5 Å². The van der Waals surface area contributed by atoms with Gasteiger partial charge in [0.1, 0.15) is 11.6 Å². The number of rotatable bonds is 13. The zero-order chi connectivity index (χ0) is 51.6. The number of hydrogen-bond donors (Lipinski definition) is 6. The first kappa shape index (κ1) is 51.4. The van der Waals surface area contributed by atoms with Crippen molar-refractivity contribution in [1.29, 1.82) is 0 Å². The molecule has 8 aromatic rings. The molecule has 0 spiro atoms. The fourth-order valence-corrected chi connectivity index (χ4v) is 8.65. The number of halogens is 6. The quantitative estimate of drug-likeness (QED) is 0.0605. The van der Waals surface area contributed by atoms with Crippen LogP contribution in [0.3, 0.4) is 0 Å². The minimum absolute atomic E-state index is 0.193. The predicted octanol–water partition coefficient (Wildman–Crippen LogP) is 10.9. The van der Waals surface area contributed by atoms with Crippen LogP contribution in [-0.2, 0) is 35.7 Å². The smallest absolute Gasteiger partial charge is 0.386 e. The van der Waals surface area contributed by atoms with Gasteiger partial charge in [-0.3, -0.25) is 14.2 Å². The van der Waals surface area contributed by atoms with Crippen molar-refractivity contribution in [3.8, 4) is 22.3 Å². The van der Waals surface area contributed by atoms with E-state index in [9.17, 15) is 56.7 Å². The van der Waals surface area contributed by atoms with Gasteiger partial charge in [-0.25, -0.2) is 18.4 Å². The Bertz CT molecular complexity index is 3640. The number of para-hydroxylation sites is 1. The number of imidazole rings is 2. The van der Waals surface area contributed by atoms with Gasteiger partial charge in [0, 0.05) is 16.9 Å². The summed E-state index contributed by atoms with van der Waals surface area (Å²) >= 11 is 0. The molecule has 0 radical (unpaired) electrons. The maximum atomic E-state index is 12.5. The van der Waals surface area contributed by atoms with Gasteiger partial charge in [-0.15, -0.1) is 0 Å². The van der Waals surface area contributed by atoms with Crippen LogP contribution in [0, 0.1) is 0 Å². The van der Waals surface area contributed by atoms with E-state index in [4.69, 9.17) is 0 Å². The zero-order valence-electron chi connectivity index (χ0n) is 37.3. The molecule has 0 fully saturated rings. The number of benzene rings is 6. The number of sulfonamides is 3. The molecule has 2 aromatic heterocycles. The van der Waals surface area contributed by atoms with Crippen molar-refractivity contribution in [1.82, 2.24) is 19.9 Å². The topological polar surface area (TPSA) is 216 Å². The van der Waals surface area contributed by atoms with E-state index < -0.39 is 46.7 Å². The summed E-state index contributed by atoms with van der Waals surface area (Å²) in [4.78, 5) is 15.4. The molecule has 23 heteroatoms. The number of nitrogens with one attached hydrogen (secondary N) is 5. The molecule has 2 heterocycles. The predicted molar refractivity (Wildman–Crippen MR) is 265 cm³/mol. The Morgan fingerprint density at radius 3 is 1.35 bits per heavy atom. The Morgan fingerprint density at radius 1 is 0.521 bits per heavy atom. The summed E-state index contributed by atoms with van der Waals surface area (Å²) in [5.41, 5.74) is -3.50. The molecule has 6 N–H and O–H groups in total. The van der Waals surface area contributed by atoms with E-state index in [0.29, 0.717) is 45.1 Å². The van der Waals surface area contributed by atoms with Crippen LogP contribution in [0.2, 0.25) is 0 Å². The number of hydrogen-bond acceptors (Lipinski definition) is 9. The Morgan fingerprint density at radius 2 is 0.930 bits per heavy atom. The van der Waals surface area contributed by atoms with Crippen LogP contribution in [-0.4, -0.2) is 67.6 Å². The normalized spacial score (nSPS) is 12.9. The van der Waals surface area contributed by atoms with Gasteiger partial charge in [0.25, 0.3) is 0 Å². The second-order valence-electron chi connectivity index (χ2n) is 16.2. The van der Waals surface area contributed by atoms with Crippen molar-refractivity contribution in [3.05, 3.63) is 162 Å². The van der Waals surface area contributed by atoms with Gasteiger partial charge in [0.2, 0.25) is 10.0 Å². The fraction of sp³-hybridized carbons (Fsp3) is 0.125. The summed E-state index contributed by atoms with van der Waals surface area (Å²) in [6.07, 6.45) is 7.80. The van der Waals surface area contributed by atoms with E-state index in [1.807, 2.05) is 54.6 Å². The van der Waals surface area contributed by atoms with E-state index in [1.165, 1.54) is 58.0 Å². The van der Waals surface area contributed by atoms with Crippen molar-refractivity contribution in [2.75, 3.05) is 20.4 Å². The van der Waals surface area contributed by atoms with Crippen molar-refractivity contribution < 1.29 is 56.7 Å². The number of aromatic amines is 2. The lowest BCUT2D eigenvalue weighted by atomic mass is 9.89. The Labute approximate surface area is 403 Å². The molecular formula is C48H41F6N7O7S3. The SMILES string of the molecule is CC(C)(O)c1ccccc1-c1ccc2nc(/C=C/c3ccc(NS(=O)(=O)C(F)(F)F)cc3)[nH]c2c1.CS(=O)(=O)Nc1ccccc1-c1ccc2nc(/C=C/c3ccc(NS(=O)(=O)C(F)(F)F)cc3)[nH]c2c1. The summed E-state index contributed by atoms with van der Waals surface area (Å²) in [5.74, 6) is 1.07. The Balaban J connectivity index is 0.000000209. The highest BCUT2D eigenvalue weighted by Gasteiger charge is 2.46. The molecule has 0 atom stereocenters. The molecule has 6 aromatic carbocycles. The number of alkyl halides is 6. The average Bonchev–Trinajstić information content (AvgIpc) is 3.90. The van der Waals surface area contributed by atoms with E-state index in [0.717, 1.165) is 39.5 Å². The van der Waals surface area contributed by atoms with Crippen molar-refractivity contribution in [2.45, 2.75) is 30.5 Å². The Kier molecular flexibility index (Phi) is 14.3. The number of fused-ring (bicyclic) bond motifs is 2. The monoisotopic (exact) mass is 1040 g/mol. The lowest BCUT2D eigenvalue weighted by molar-refractivity contribution is -0.0435. The first-order chi connectivity index (χ1) is 33.1. The van der Waals surface area contributed by atoms with Crippen LogP contribution in [0.5, 0.6) is 0 Å². The summed E-state index contributed by atoms with van der Waals surface area (Å²) in [6.45, 7) is 3.47. The molecule has 0 amide bonds. The molecule has 0 bridgehead atoms. The van der Waals surface area contributed by atoms with Crippen LogP contribution < -0.4 is 14.2 Å². The van der Waals surface area contributed by atoms with Gasteiger partial charge in [-0.2, -0.15) is 43.2 Å². The highest BCUT2D eigenvalue weighted by atomic mass is 32.2. The van der Waals surface area contributed by atoms with Crippen molar-refractivity contribution in [2.24, 2.45) is 0 Å². The van der Waals surface area contributed by atoms with Gasteiger partial charge >= 0.3 is 31.1 Å². The molecule has 0 aliphatic rings. The highest BCUT2D eigenvalue weighted by Crippen LogP contribution is 2.34. The zero-order valence-corrected chi connectivity index (χ0v) is 39.7. The first-order valence-corrected chi connectivity index (χ1v) is 25.6. The van der Waals surface area contributed by atoms with Crippen LogP contribution in [0.15, 0.2) is 133 Å². The molecule has 0 aliphatic heterocycles. The number of aliphatic hydroxyl groups is 1. The summed E-state index contributed by atoms with van der Waals surface area (Å²) in [7, 11) is -14.4. The van der Waals surface area contributed by atoms with Crippen molar-refractivity contribution >= 4 is 93.5 Å².